The number of H-pyrrole nitrogens is 1. The van der Waals surface area contributed by atoms with Gasteiger partial charge < -0.3 is 0 Å². The van der Waals surface area contributed by atoms with Gasteiger partial charge in [0.1, 0.15) is 12.4 Å². The second-order valence-electron chi connectivity index (χ2n) is 3.87. The highest BCUT2D eigenvalue weighted by Gasteiger charge is 2.06. The highest BCUT2D eigenvalue weighted by Crippen LogP contribution is 2.02. The average molecular weight is 195 g/mol. The zero-order chi connectivity index (χ0) is 10.2. The van der Waals surface area contributed by atoms with Crippen LogP contribution in [0.15, 0.2) is 12.4 Å². The predicted octanol–water partition coefficient (Wildman–Crippen LogP) is 2.84. The van der Waals surface area contributed by atoms with E-state index in [4.69, 9.17) is 0 Å². The summed E-state index contributed by atoms with van der Waals surface area (Å²) < 4.78 is 2.34. The molecule has 1 N–H and O–H groups in total. The van der Waals surface area contributed by atoms with Gasteiger partial charge in [-0.25, -0.2) is 9.55 Å². The molecule has 0 aliphatic heterocycles. The van der Waals surface area contributed by atoms with E-state index in [1.807, 2.05) is 6.20 Å². The molecule has 0 saturated heterocycles. The van der Waals surface area contributed by atoms with Crippen LogP contribution in [0.5, 0.6) is 0 Å². The predicted molar refractivity (Wildman–Crippen MR) is 59.1 cm³/mol. The Hall–Kier alpha value is -0.790. The number of rotatable bonds is 7. The van der Waals surface area contributed by atoms with Gasteiger partial charge in [-0.3, -0.25) is 0 Å². The Labute approximate surface area is 87.4 Å². The molecule has 1 aromatic heterocycles. The molecular formula is C12H23N2+. The first-order valence-corrected chi connectivity index (χ1v) is 5.94. The minimum Gasteiger partial charge on any atom is -0.248 e. The van der Waals surface area contributed by atoms with Crippen molar-refractivity contribution in [3.05, 3.63) is 18.2 Å². The fourth-order valence-electron chi connectivity index (χ4n) is 1.80. The smallest absolute Gasteiger partial charge is 0.248 e. The van der Waals surface area contributed by atoms with Crippen molar-refractivity contribution < 1.29 is 4.57 Å². The van der Waals surface area contributed by atoms with Crippen molar-refractivity contribution in [2.24, 2.45) is 0 Å². The van der Waals surface area contributed by atoms with Crippen molar-refractivity contribution in [3.8, 4) is 0 Å². The Bertz CT molecular complexity index is 240. The SMILES string of the molecule is CCCCCCC[n+]1cc[nH]c1CC. The molecule has 0 amide bonds. The number of imidazole rings is 1. The fraction of sp³-hybridized carbons (Fsp3) is 0.750. The summed E-state index contributed by atoms with van der Waals surface area (Å²) in [6.07, 6.45) is 12.1. The van der Waals surface area contributed by atoms with Crippen molar-refractivity contribution in [2.75, 3.05) is 0 Å². The molecule has 14 heavy (non-hydrogen) atoms. The average Bonchev–Trinajstić information content (AvgIpc) is 2.65. The molecule has 1 heterocycles. The van der Waals surface area contributed by atoms with Crippen molar-refractivity contribution in [1.82, 2.24) is 4.98 Å². The van der Waals surface area contributed by atoms with Gasteiger partial charge >= 0.3 is 0 Å². The number of unbranched alkanes of at least 4 members (excludes halogenated alkanes) is 4. The lowest BCUT2D eigenvalue weighted by Crippen LogP contribution is -2.35. The van der Waals surface area contributed by atoms with E-state index in [1.165, 1.54) is 44.5 Å². The molecule has 0 aliphatic rings. The minimum atomic E-state index is 1.10. The van der Waals surface area contributed by atoms with Gasteiger partial charge in [-0.1, -0.05) is 33.1 Å². The van der Waals surface area contributed by atoms with Crippen LogP contribution in [0, 0.1) is 0 Å². The quantitative estimate of drug-likeness (QED) is 0.510. The Morgan fingerprint density at radius 3 is 2.64 bits per heavy atom. The first-order chi connectivity index (χ1) is 6.88. The summed E-state index contributed by atoms with van der Waals surface area (Å²) in [5.74, 6) is 1.35. The van der Waals surface area contributed by atoms with Crippen LogP contribution in [0.4, 0.5) is 0 Å². The van der Waals surface area contributed by atoms with Crippen LogP contribution in [0.25, 0.3) is 0 Å². The number of aryl methyl sites for hydroxylation is 2. The maximum absolute atomic E-state index is 3.27. The van der Waals surface area contributed by atoms with Crippen LogP contribution >= 0.6 is 0 Å². The van der Waals surface area contributed by atoms with Gasteiger partial charge in [0, 0.05) is 6.42 Å². The number of nitrogens with zero attached hydrogens (tertiary/aromatic N) is 1. The van der Waals surface area contributed by atoms with Crippen molar-refractivity contribution in [3.63, 3.8) is 0 Å². The van der Waals surface area contributed by atoms with Crippen molar-refractivity contribution >= 4 is 0 Å². The van der Waals surface area contributed by atoms with Gasteiger partial charge in [0.05, 0.1) is 6.54 Å². The van der Waals surface area contributed by atoms with E-state index in [2.05, 4.69) is 29.6 Å². The normalized spacial score (nSPS) is 10.7. The molecule has 0 bridgehead atoms. The van der Waals surface area contributed by atoms with E-state index in [9.17, 15) is 0 Å². The molecule has 0 aliphatic carbocycles. The van der Waals surface area contributed by atoms with Crippen molar-refractivity contribution in [2.45, 2.75) is 58.9 Å². The van der Waals surface area contributed by atoms with E-state index < -0.39 is 0 Å². The van der Waals surface area contributed by atoms with Crippen LogP contribution in [-0.2, 0) is 13.0 Å². The van der Waals surface area contributed by atoms with Crippen LogP contribution < -0.4 is 4.57 Å². The standard InChI is InChI=1S/C12H22N2/c1-3-5-6-7-8-10-14-11-9-13-12(14)4-2/h9,11H,3-8,10H2,1-2H3/p+1. The molecule has 1 aromatic rings. The van der Waals surface area contributed by atoms with Gasteiger partial charge in [0.15, 0.2) is 0 Å². The molecule has 0 atom stereocenters. The molecule has 0 radical (unpaired) electrons. The molecule has 0 spiro atoms. The lowest BCUT2D eigenvalue weighted by molar-refractivity contribution is -0.703. The first-order valence-electron chi connectivity index (χ1n) is 5.94. The zero-order valence-electron chi connectivity index (χ0n) is 9.55. The van der Waals surface area contributed by atoms with Crippen LogP contribution in [0.1, 0.15) is 51.8 Å². The van der Waals surface area contributed by atoms with Gasteiger partial charge in [0.25, 0.3) is 5.82 Å². The second-order valence-corrected chi connectivity index (χ2v) is 3.87. The van der Waals surface area contributed by atoms with Gasteiger partial charge in [-0.15, -0.1) is 0 Å². The van der Waals surface area contributed by atoms with E-state index >= 15 is 0 Å². The molecule has 80 valence electrons. The van der Waals surface area contributed by atoms with Crippen LogP contribution in [0.2, 0.25) is 0 Å². The van der Waals surface area contributed by atoms with E-state index in [-0.39, 0.29) is 0 Å². The molecule has 0 aromatic carbocycles. The highest BCUT2D eigenvalue weighted by molar-refractivity contribution is 4.75. The molecule has 0 fully saturated rings. The van der Waals surface area contributed by atoms with Crippen LogP contribution in [-0.4, -0.2) is 4.98 Å². The first kappa shape index (κ1) is 11.3. The highest BCUT2D eigenvalue weighted by atomic mass is 15.1. The minimum absolute atomic E-state index is 1.10. The van der Waals surface area contributed by atoms with Gasteiger partial charge in [0.2, 0.25) is 0 Å². The van der Waals surface area contributed by atoms with E-state index in [0.717, 1.165) is 6.42 Å². The van der Waals surface area contributed by atoms with Gasteiger partial charge in [-0.2, -0.15) is 0 Å². The Morgan fingerprint density at radius 2 is 1.93 bits per heavy atom. The molecule has 2 nitrogen and oxygen atoms in total. The maximum atomic E-state index is 3.27. The topological polar surface area (TPSA) is 19.7 Å². The number of hydrogen-bond donors (Lipinski definition) is 1. The summed E-state index contributed by atoms with van der Waals surface area (Å²) in [4.78, 5) is 3.27. The Morgan fingerprint density at radius 1 is 1.14 bits per heavy atom. The Balaban J connectivity index is 2.17. The molecule has 0 unspecified atom stereocenters. The third kappa shape index (κ3) is 3.52. The lowest BCUT2D eigenvalue weighted by Gasteiger charge is -1.99. The van der Waals surface area contributed by atoms with E-state index in [0.29, 0.717) is 0 Å². The summed E-state index contributed by atoms with van der Waals surface area (Å²) in [7, 11) is 0. The third-order valence-electron chi connectivity index (χ3n) is 2.69. The molecule has 0 saturated carbocycles. The zero-order valence-corrected chi connectivity index (χ0v) is 9.55. The molecule has 1 rings (SSSR count). The summed E-state index contributed by atoms with van der Waals surface area (Å²) in [6.45, 7) is 5.63. The van der Waals surface area contributed by atoms with Gasteiger partial charge in [-0.05, 0) is 12.8 Å². The van der Waals surface area contributed by atoms with Crippen molar-refractivity contribution in [1.29, 1.82) is 0 Å². The second kappa shape index (κ2) is 6.63. The number of nitrogens with one attached hydrogen (secondary N) is 1. The number of aromatic nitrogens is 2. The van der Waals surface area contributed by atoms with Crippen LogP contribution in [0.3, 0.4) is 0 Å². The molecular weight excluding hydrogens is 172 g/mol. The largest absolute Gasteiger partial charge is 0.253 e. The summed E-state index contributed by atoms with van der Waals surface area (Å²) in [5.41, 5.74) is 0. The van der Waals surface area contributed by atoms with E-state index in [1.54, 1.807) is 0 Å². The fourth-order valence-corrected chi connectivity index (χ4v) is 1.80. The number of hydrogen-bond acceptors (Lipinski definition) is 0. The monoisotopic (exact) mass is 195 g/mol. The third-order valence-corrected chi connectivity index (χ3v) is 2.69. The summed E-state index contributed by atoms with van der Waals surface area (Å²) in [6, 6.07) is 0. The number of aromatic amines is 1. The Kier molecular flexibility index (Phi) is 5.35. The maximum Gasteiger partial charge on any atom is 0.253 e. The summed E-state index contributed by atoms with van der Waals surface area (Å²) in [5, 5.41) is 0. The molecule has 2 heteroatoms. The lowest BCUT2D eigenvalue weighted by atomic mass is 10.1. The summed E-state index contributed by atoms with van der Waals surface area (Å²) >= 11 is 0.